The maximum atomic E-state index is 10.7. The number of nitriles is 2. The molecule has 0 fully saturated rings. The Morgan fingerprint density at radius 3 is 2.19 bits per heavy atom. The number of anilines is 1. The number of rotatable bonds is 11. The van der Waals surface area contributed by atoms with Gasteiger partial charge < -0.3 is 14.7 Å². The predicted molar refractivity (Wildman–Crippen MR) is 154 cm³/mol. The minimum atomic E-state index is -0.684. The number of unbranched alkanes of at least 4 members (excludes halogenated alkanes) is 2. The highest BCUT2D eigenvalue weighted by Crippen LogP contribution is 2.39. The lowest BCUT2D eigenvalue weighted by atomic mass is 9.95. The molecule has 37 heavy (non-hydrogen) atoms. The number of thiophene rings is 1. The van der Waals surface area contributed by atoms with E-state index >= 15 is 0 Å². The molecule has 0 bridgehead atoms. The van der Waals surface area contributed by atoms with Crippen LogP contribution in [0.25, 0.3) is 18.2 Å². The van der Waals surface area contributed by atoms with E-state index < -0.39 is 5.60 Å². The monoisotopic (exact) mass is 513 g/mol. The number of phenols is 1. The lowest BCUT2D eigenvalue weighted by molar-refractivity contribution is 0.0964. The largest absolute Gasteiger partial charge is 0.507 e. The zero-order valence-corrected chi connectivity index (χ0v) is 22.9. The maximum Gasteiger partial charge on any atom is 0.149 e. The Labute approximate surface area is 224 Å². The Hall–Kier alpha value is -3.74. The summed E-state index contributed by atoms with van der Waals surface area (Å²) < 4.78 is 5.82. The molecule has 6 heteroatoms. The van der Waals surface area contributed by atoms with Gasteiger partial charge in [-0.1, -0.05) is 32.8 Å². The number of hydrogen-bond donors (Lipinski definition) is 1. The van der Waals surface area contributed by atoms with Gasteiger partial charge in [0.25, 0.3) is 0 Å². The average molecular weight is 514 g/mol. The van der Waals surface area contributed by atoms with Crippen molar-refractivity contribution in [3.63, 3.8) is 0 Å². The predicted octanol–water partition coefficient (Wildman–Crippen LogP) is 8.08. The van der Waals surface area contributed by atoms with Crippen LogP contribution in [-0.4, -0.2) is 23.8 Å². The molecule has 1 aliphatic heterocycles. The summed E-state index contributed by atoms with van der Waals surface area (Å²) >= 11 is 1.61. The van der Waals surface area contributed by atoms with Gasteiger partial charge in [-0.15, -0.1) is 11.3 Å². The van der Waals surface area contributed by atoms with Crippen LogP contribution in [0.3, 0.4) is 0 Å². The van der Waals surface area contributed by atoms with Crippen LogP contribution in [0.5, 0.6) is 5.75 Å². The second kappa shape index (κ2) is 13.0. The van der Waals surface area contributed by atoms with Crippen LogP contribution in [0, 0.1) is 22.7 Å². The third-order valence-electron chi connectivity index (χ3n) is 6.27. The molecule has 2 heterocycles. The molecule has 0 spiro atoms. The summed E-state index contributed by atoms with van der Waals surface area (Å²) in [5.41, 5.74) is 2.31. The Morgan fingerprint density at radius 1 is 0.973 bits per heavy atom. The lowest BCUT2D eigenvalue weighted by Crippen LogP contribution is -2.25. The van der Waals surface area contributed by atoms with E-state index in [4.69, 9.17) is 10.00 Å². The van der Waals surface area contributed by atoms with E-state index in [0.717, 1.165) is 65.4 Å². The molecular formula is C31H35N3O2S. The van der Waals surface area contributed by atoms with E-state index in [0.29, 0.717) is 11.3 Å². The fourth-order valence-electron chi connectivity index (χ4n) is 4.20. The molecule has 192 valence electrons. The van der Waals surface area contributed by atoms with Crippen LogP contribution >= 0.6 is 11.3 Å². The van der Waals surface area contributed by atoms with Gasteiger partial charge in [0.1, 0.15) is 28.8 Å². The molecule has 2 aromatic rings. The minimum absolute atomic E-state index is 0.282. The van der Waals surface area contributed by atoms with Gasteiger partial charge in [-0.3, -0.25) is 0 Å². The summed E-state index contributed by atoms with van der Waals surface area (Å²) in [5.74, 6) is 0.596. The first-order chi connectivity index (χ1) is 17.8. The number of phenolic OH excluding ortho intramolecular Hbond substituents is 1. The van der Waals surface area contributed by atoms with E-state index in [2.05, 4.69) is 30.9 Å². The zero-order chi connectivity index (χ0) is 26.8. The molecule has 0 unspecified atom stereocenters. The summed E-state index contributed by atoms with van der Waals surface area (Å²) in [6.45, 7) is 10.2. The summed E-state index contributed by atoms with van der Waals surface area (Å²) in [6.07, 6.45) is 13.6. The number of allylic oxidation sites excluding steroid dienone is 2. The Bertz CT molecular complexity index is 1290. The quantitative estimate of drug-likeness (QED) is 0.307. The molecule has 0 amide bonds. The molecule has 1 aromatic heterocycles. The lowest BCUT2D eigenvalue weighted by Gasteiger charge is -2.25. The van der Waals surface area contributed by atoms with Crippen LogP contribution in [0.4, 0.5) is 5.69 Å². The van der Waals surface area contributed by atoms with Gasteiger partial charge in [0.2, 0.25) is 0 Å². The van der Waals surface area contributed by atoms with Crippen molar-refractivity contribution >= 4 is 35.3 Å². The molecule has 0 radical (unpaired) electrons. The van der Waals surface area contributed by atoms with Gasteiger partial charge in [0.05, 0.1) is 12.1 Å². The van der Waals surface area contributed by atoms with Crippen LogP contribution < -0.4 is 4.90 Å². The van der Waals surface area contributed by atoms with Crippen LogP contribution in [-0.2, 0) is 4.74 Å². The first kappa shape index (κ1) is 27.8. The first-order valence-electron chi connectivity index (χ1n) is 12.8. The summed E-state index contributed by atoms with van der Waals surface area (Å²) in [4.78, 5) is 4.44. The molecular weight excluding hydrogens is 478 g/mol. The molecule has 0 saturated carbocycles. The summed E-state index contributed by atoms with van der Waals surface area (Å²) in [5, 5.41) is 29.3. The van der Waals surface area contributed by atoms with Crippen molar-refractivity contribution in [2.75, 3.05) is 18.0 Å². The SMILES string of the molecule is CCCCN(CCCC)c1ccc(/C=C/c2ccc(/C=C/C3=C(C#N)C(=C\C#N)/OC3(C)C)s2)c(O)c1. The minimum Gasteiger partial charge on any atom is -0.507 e. The highest BCUT2D eigenvalue weighted by molar-refractivity contribution is 7.13. The van der Waals surface area contributed by atoms with Crippen LogP contribution in [0.15, 0.2) is 59.4 Å². The molecule has 1 N–H and O–H groups in total. The van der Waals surface area contributed by atoms with E-state index in [1.807, 2.05) is 68.5 Å². The van der Waals surface area contributed by atoms with Crippen molar-refractivity contribution in [1.29, 1.82) is 10.5 Å². The van der Waals surface area contributed by atoms with Crippen molar-refractivity contribution in [2.24, 2.45) is 0 Å². The van der Waals surface area contributed by atoms with Crippen LogP contribution in [0.2, 0.25) is 0 Å². The van der Waals surface area contributed by atoms with E-state index in [1.54, 1.807) is 11.3 Å². The van der Waals surface area contributed by atoms with E-state index in [9.17, 15) is 10.4 Å². The van der Waals surface area contributed by atoms with Crippen molar-refractivity contribution in [2.45, 2.75) is 59.0 Å². The summed E-state index contributed by atoms with van der Waals surface area (Å²) in [7, 11) is 0. The third-order valence-corrected chi connectivity index (χ3v) is 7.28. The fraction of sp³-hybridized carbons (Fsp3) is 0.355. The maximum absolute atomic E-state index is 10.7. The standard InChI is InChI=1S/C31H35N3O2S/c1-5-7-19-34(20-8-6-2)24-11-9-23(29(35)21-24)10-12-25-13-14-26(37-25)15-16-28-27(22-33)30(17-18-32)36-31(28,3)4/h9-17,21,35H,5-8,19-20H2,1-4H3/b12-10+,16-15+,30-17+. The Morgan fingerprint density at radius 2 is 1.62 bits per heavy atom. The second-order valence-corrected chi connectivity index (χ2v) is 10.6. The Balaban J connectivity index is 1.74. The molecule has 1 aliphatic rings. The van der Waals surface area contributed by atoms with Gasteiger partial charge >= 0.3 is 0 Å². The number of ether oxygens (including phenoxy) is 1. The van der Waals surface area contributed by atoms with Crippen molar-refractivity contribution in [3.8, 4) is 17.9 Å². The molecule has 1 aromatic carbocycles. The highest BCUT2D eigenvalue weighted by Gasteiger charge is 2.36. The number of hydrogen-bond acceptors (Lipinski definition) is 6. The fourth-order valence-corrected chi connectivity index (χ4v) is 5.01. The first-order valence-corrected chi connectivity index (χ1v) is 13.6. The van der Waals surface area contributed by atoms with Crippen molar-refractivity contribution < 1.29 is 9.84 Å². The van der Waals surface area contributed by atoms with Crippen LogP contribution in [0.1, 0.15) is 68.7 Å². The summed E-state index contributed by atoms with van der Waals surface area (Å²) in [6, 6.07) is 14.1. The van der Waals surface area contributed by atoms with Crippen molar-refractivity contribution in [3.05, 3.63) is 74.7 Å². The molecule has 0 aliphatic carbocycles. The smallest absolute Gasteiger partial charge is 0.149 e. The Kier molecular flexibility index (Phi) is 9.78. The molecule has 0 saturated heterocycles. The third kappa shape index (κ3) is 7.15. The molecule has 5 nitrogen and oxygen atoms in total. The molecule has 3 rings (SSSR count). The number of benzene rings is 1. The zero-order valence-electron chi connectivity index (χ0n) is 22.1. The van der Waals surface area contributed by atoms with Crippen molar-refractivity contribution in [1.82, 2.24) is 0 Å². The van der Waals surface area contributed by atoms with Gasteiger partial charge in [-0.05, 0) is 69.2 Å². The average Bonchev–Trinajstić information content (AvgIpc) is 3.42. The number of aromatic hydroxyl groups is 1. The normalized spacial score (nSPS) is 15.9. The number of nitrogens with zero attached hydrogens (tertiary/aromatic N) is 3. The topological polar surface area (TPSA) is 80.3 Å². The highest BCUT2D eigenvalue weighted by atomic mass is 32.1. The van der Waals surface area contributed by atoms with Gasteiger partial charge in [0, 0.05) is 45.7 Å². The second-order valence-electron chi connectivity index (χ2n) is 9.49. The van der Waals surface area contributed by atoms with Gasteiger partial charge in [0.15, 0.2) is 0 Å². The van der Waals surface area contributed by atoms with Gasteiger partial charge in [-0.2, -0.15) is 10.5 Å². The van der Waals surface area contributed by atoms with E-state index in [1.165, 1.54) is 6.08 Å². The molecule has 0 atom stereocenters. The van der Waals surface area contributed by atoms with Gasteiger partial charge in [-0.25, -0.2) is 0 Å². The van der Waals surface area contributed by atoms with E-state index in [-0.39, 0.29) is 5.75 Å².